The average Bonchev–Trinajstić information content (AvgIpc) is 3.02. The molecule has 3 aromatic rings. The van der Waals surface area contributed by atoms with Gasteiger partial charge in [0.05, 0.1) is 17.8 Å². The molecule has 126 valence electrons. The normalized spacial score (nSPS) is 11.5. The highest BCUT2D eigenvalue weighted by molar-refractivity contribution is 7.17. The van der Waals surface area contributed by atoms with Gasteiger partial charge in [0.25, 0.3) is 0 Å². The van der Waals surface area contributed by atoms with Crippen LogP contribution in [0.15, 0.2) is 24.3 Å². The Morgan fingerprint density at radius 2 is 1.92 bits per heavy atom. The van der Waals surface area contributed by atoms with Crippen molar-refractivity contribution < 1.29 is 9.90 Å². The number of benzene rings is 1. The lowest BCUT2D eigenvalue weighted by Gasteiger charge is -2.08. The lowest BCUT2D eigenvalue weighted by Crippen LogP contribution is -2.06. The maximum absolute atomic E-state index is 11.4. The Morgan fingerprint density at radius 1 is 1.25 bits per heavy atom. The Kier molecular flexibility index (Phi) is 4.45. The summed E-state index contributed by atoms with van der Waals surface area (Å²) in [6.45, 7) is 8.48. The predicted octanol–water partition coefficient (Wildman–Crippen LogP) is 4.68. The first-order valence-corrected chi connectivity index (χ1v) is 9.05. The minimum atomic E-state index is -0.831. The molecule has 2 heterocycles. The number of hydrogen-bond acceptors (Lipinski definition) is 3. The summed E-state index contributed by atoms with van der Waals surface area (Å²) >= 11 is 1.63. The summed E-state index contributed by atoms with van der Waals surface area (Å²) in [6, 6.07) is 8.30. The third kappa shape index (κ3) is 2.84. The van der Waals surface area contributed by atoms with Crippen LogP contribution in [0.25, 0.3) is 16.2 Å². The minimum Gasteiger partial charge on any atom is -0.481 e. The molecule has 0 bridgehead atoms. The second-order valence-corrected chi connectivity index (χ2v) is 7.51. The van der Waals surface area contributed by atoms with E-state index in [9.17, 15) is 9.90 Å². The molecule has 1 aromatic carbocycles. The summed E-state index contributed by atoms with van der Waals surface area (Å²) in [5, 5.41) is 9.37. The molecule has 0 atom stereocenters. The molecule has 0 unspecified atom stereocenters. The van der Waals surface area contributed by atoms with Crippen LogP contribution >= 0.6 is 11.3 Å². The van der Waals surface area contributed by atoms with Crippen LogP contribution in [-0.2, 0) is 17.6 Å². The molecule has 0 aliphatic rings. The molecule has 5 heteroatoms. The number of aromatic nitrogens is 2. The van der Waals surface area contributed by atoms with E-state index in [2.05, 4.69) is 39.8 Å². The van der Waals surface area contributed by atoms with Crippen LogP contribution < -0.4 is 0 Å². The van der Waals surface area contributed by atoms with E-state index in [0.717, 1.165) is 34.0 Å². The van der Waals surface area contributed by atoms with E-state index in [1.54, 1.807) is 11.3 Å². The highest BCUT2D eigenvalue weighted by Gasteiger charge is 2.21. The SMILES string of the molecule is CCc1c(C)sc2nc(-c3ccc(C(C)C)cc3)c(CC(=O)O)n12. The van der Waals surface area contributed by atoms with Crippen molar-refractivity contribution in [3.05, 3.63) is 46.1 Å². The summed E-state index contributed by atoms with van der Waals surface area (Å²) in [4.78, 5) is 18.2. The molecule has 3 rings (SSSR count). The van der Waals surface area contributed by atoms with Gasteiger partial charge in [-0.1, -0.05) is 45.0 Å². The number of carboxylic acid groups (broad SMARTS) is 1. The standard InChI is InChI=1S/C19H22N2O2S/c1-5-15-12(4)24-19-20-18(16(21(15)19)10-17(22)23)14-8-6-13(7-9-14)11(2)3/h6-9,11H,5,10H2,1-4H3,(H,22,23). The monoisotopic (exact) mass is 342 g/mol. The van der Waals surface area contributed by atoms with E-state index >= 15 is 0 Å². The van der Waals surface area contributed by atoms with Crippen LogP contribution in [0.3, 0.4) is 0 Å². The summed E-state index contributed by atoms with van der Waals surface area (Å²) in [5.41, 5.74) is 4.96. The van der Waals surface area contributed by atoms with Gasteiger partial charge in [0.15, 0.2) is 4.96 Å². The molecule has 0 saturated carbocycles. The first-order valence-electron chi connectivity index (χ1n) is 8.24. The van der Waals surface area contributed by atoms with Crippen LogP contribution in [0, 0.1) is 6.92 Å². The van der Waals surface area contributed by atoms with Crippen LogP contribution in [0.1, 0.15) is 48.5 Å². The van der Waals surface area contributed by atoms with Crippen molar-refractivity contribution in [3.8, 4) is 11.3 Å². The summed E-state index contributed by atoms with van der Waals surface area (Å²) in [6.07, 6.45) is 0.839. The lowest BCUT2D eigenvalue weighted by molar-refractivity contribution is -0.136. The van der Waals surface area contributed by atoms with Gasteiger partial charge < -0.3 is 5.11 Å². The van der Waals surface area contributed by atoms with E-state index in [-0.39, 0.29) is 6.42 Å². The fourth-order valence-electron chi connectivity index (χ4n) is 3.10. The molecule has 4 nitrogen and oxygen atoms in total. The van der Waals surface area contributed by atoms with Gasteiger partial charge in [0.2, 0.25) is 0 Å². The van der Waals surface area contributed by atoms with Crippen LogP contribution in [0.5, 0.6) is 0 Å². The van der Waals surface area contributed by atoms with Gasteiger partial charge in [-0.05, 0) is 24.8 Å². The molecule has 0 amide bonds. The summed E-state index contributed by atoms with van der Waals surface area (Å²) in [7, 11) is 0. The molecule has 0 aliphatic heterocycles. The van der Waals surface area contributed by atoms with Crippen molar-refractivity contribution in [3.63, 3.8) is 0 Å². The molecular weight excluding hydrogens is 320 g/mol. The number of fused-ring (bicyclic) bond motifs is 1. The van der Waals surface area contributed by atoms with Gasteiger partial charge in [-0.15, -0.1) is 11.3 Å². The lowest BCUT2D eigenvalue weighted by atomic mass is 10.00. The Morgan fingerprint density at radius 3 is 2.46 bits per heavy atom. The fraction of sp³-hybridized carbons (Fsp3) is 0.368. The third-order valence-electron chi connectivity index (χ3n) is 4.37. The van der Waals surface area contributed by atoms with Crippen molar-refractivity contribution in [1.82, 2.24) is 9.38 Å². The maximum Gasteiger partial charge on any atom is 0.309 e. The molecule has 1 N–H and O–H groups in total. The van der Waals surface area contributed by atoms with Gasteiger partial charge >= 0.3 is 5.97 Å². The summed E-state index contributed by atoms with van der Waals surface area (Å²) < 4.78 is 2.04. The van der Waals surface area contributed by atoms with Crippen LogP contribution in [0.4, 0.5) is 0 Å². The Bertz CT molecular complexity index is 888. The molecule has 0 saturated heterocycles. The van der Waals surface area contributed by atoms with Gasteiger partial charge in [-0.3, -0.25) is 9.20 Å². The Balaban J connectivity index is 2.19. The Hall–Kier alpha value is -2.14. The van der Waals surface area contributed by atoms with Gasteiger partial charge in [-0.2, -0.15) is 0 Å². The second kappa shape index (κ2) is 6.40. The number of thiazole rings is 1. The highest BCUT2D eigenvalue weighted by atomic mass is 32.1. The van der Waals surface area contributed by atoms with E-state index < -0.39 is 5.97 Å². The number of imidazole rings is 1. The van der Waals surface area contributed by atoms with Gasteiger partial charge in [-0.25, -0.2) is 4.98 Å². The van der Waals surface area contributed by atoms with Crippen molar-refractivity contribution in [2.75, 3.05) is 0 Å². The smallest absolute Gasteiger partial charge is 0.309 e. The van der Waals surface area contributed by atoms with Crippen molar-refractivity contribution in [1.29, 1.82) is 0 Å². The molecule has 2 aromatic heterocycles. The largest absolute Gasteiger partial charge is 0.481 e. The highest BCUT2D eigenvalue weighted by Crippen LogP contribution is 2.32. The number of carbonyl (C=O) groups is 1. The van der Waals surface area contributed by atoms with Crippen molar-refractivity contribution in [2.24, 2.45) is 0 Å². The topological polar surface area (TPSA) is 54.6 Å². The van der Waals surface area contributed by atoms with E-state index in [4.69, 9.17) is 4.98 Å². The number of carboxylic acids is 1. The zero-order valence-electron chi connectivity index (χ0n) is 14.5. The Labute approximate surface area is 145 Å². The molecule has 24 heavy (non-hydrogen) atoms. The average molecular weight is 342 g/mol. The quantitative estimate of drug-likeness (QED) is 0.732. The number of aliphatic carboxylic acids is 1. The number of aryl methyl sites for hydroxylation is 2. The second-order valence-electron chi connectivity index (χ2n) is 6.33. The molecule has 0 spiro atoms. The summed E-state index contributed by atoms with van der Waals surface area (Å²) in [5.74, 6) is -0.361. The van der Waals surface area contributed by atoms with Crippen molar-refractivity contribution in [2.45, 2.75) is 46.5 Å². The van der Waals surface area contributed by atoms with Crippen molar-refractivity contribution >= 4 is 22.3 Å². The zero-order chi connectivity index (χ0) is 17.4. The molecule has 0 fully saturated rings. The van der Waals surface area contributed by atoms with Gasteiger partial charge in [0, 0.05) is 16.1 Å². The number of hydrogen-bond donors (Lipinski definition) is 1. The predicted molar refractivity (Wildman–Crippen MR) is 98.0 cm³/mol. The first-order chi connectivity index (χ1) is 11.4. The number of nitrogens with zero attached hydrogens (tertiary/aromatic N) is 2. The van der Waals surface area contributed by atoms with E-state index in [0.29, 0.717) is 5.92 Å². The van der Waals surface area contributed by atoms with E-state index in [1.807, 2.05) is 16.5 Å². The zero-order valence-corrected chi connectivity index (χ0v) is 15.3. The third-order valence-corrected chi connectivity index (χ3v) is 5.37. The maximum atomic E-state index is 11.4. The van der Waals surface area contributed by atoms with Gasteiger partial charge in [0.1, 0.15) is 0 Å². The van der Waals surface area contributed by atoms with Crippen LogP contribution in [0.2, 0.25) is 0 Å². The molecule has 0 radical (unpaired) electrons. The minimum absolute atomic E-state index is 0.0222. The molecule has 0 aliphatic carbocycles. The molecular formula is C19H22N2O2S. The van der Waals surface area contributed by atoms with Crippen LogP contribution in [-0.4, -0.2) is 20.5 Å². The fourth-order valence-corrected chi connectivity index (χ4v) is 4.18. The first kappa shape index (κ1) is 16.7. The number of rotatable bonds is 5. The van der Waals surface area contributed by atoms with E-state index in [1.165, 1.54) is 10.4 Å².